The minimum absolute atomic E-state index is 0.261. The molecule has 0 spiro atoms. The van der Waals surface area contributed by atoms with Crippen LogP contribution in [0.2, 0.25) is 33.2 Å². The lowest BCUT2D eigenvalue weighted by molar-refractivity contribution is -0.0488. The molecular weight excluding hydrogens is 673 g/mol. The maximum Gasteiger partial charge on any atom is 0.482 e. The summed E-state index contributed by atoms with van der Waals surface area (Å²) in [6, 6.07) is 0. The second kappa shape index (κ2) is 11.2. The van der Waals surface area contributed by atoms with Crippen molar-refractivity contribution in [3.05, 3.63) is 0 Å². The standard InChI is InChI=1S/C30H54O9Si6/c1-2-14-25(13-1)40-31-41(26-15-3-4-16-26)33-42(32-40,27-17-5-6-18-27)39-45(30-23-11-12-24-30)35-43(37-40,28-19-7-8-20-28)34-44(36-45,38-41)29-21-9-10-22-29/h25-30H,1-24H2. The molecule has 9 nitrogen and oxygen atoms in total. The molecular formula is C30H54O9Si6. The lowest BCUT2D eigenvalue weighted by Gasteiger charge is -2.67. The molecule has 6 saturated carbocycles. The van der Waals surface area contributed by atoms with Gasteiger partial charge < -0.3 is 37.0 Å². The van der Waals surface area contributed by atoms with Crippen LogP contribution in [-0.4, -0.2) is 52.8 Å². The Morgan fingerprint density at radius 2 is 0.311 bits per heavy atom. The second-order valence-corrected chi connectivity index (χ2v) is 35.9. The van der Waals surface area contributed by atoms with E-state index in [1.807, 2.05) is 0 Å². The summed E-state index contributed by atoms with van der Waals surface area (Å²) in [6.07, 6.45) is 27.6. The molecule has 11 rings (SSSR count). The normalized spacial score (nSPS) is 50.4. The molecule has 0 amide bonds. The van der Waals surface area contributed by atoms with E-state index in [0.717, 1.165) is 77.0 Å². The van der Waals surface area contributed by atoms with E-state index in [2.05, 4.69) is 0 Å². The number of rotatable bonds is 6. The molecule has 5 aliphatic heterocycles. The molecule has 11 aliphatic rings. The summed E-state index contributed by atoms with van der Waals surface area (Å²) < 4.78 is 70.9. The van der Waals surface area contributed by atoms with E-state index < -0.39 is 52.8 Å². The molecule has 6 aliphatic carbocycles. The third-order valence-corrected chi connectivity index (χ3v) is 43.6. The van der Waals surface area contributed by atoms with Crippen LogP contribution < -0.4 is 0 Å². The molecule has 6 bridgehead atoms. The maximum atomic E-state index is 8.02. The van der Waals surface area contributed by atoms with Gasteiger partial charge in [0.05, 0.1) is 0 Å². The summed E-state index contributed by atoms with van der Waals surface area (Å²) in [5, 5.41) is 0. The zero-order chi connectivity index (χ0) is 29.8. The van der Waals surface area contributed by atoms with Crippen LogP contribution in [0.15, 0.2) is 0 Å². The smallest absolute Gasteiger partial charge is 0.373 e. The highest BCUT2D eigenvalue weighted by Gasteiger charge is 2.88. The van der Waals surface area contributed by atoms with Gasteiger partial charge in [0.1, 0.15) is 0 Å². The van der Waals surface area contributed by atoms with Crippen LogP contribution in [0, 0.1) is 0 Å². The van der Waals surface area contributed by atoms with Crippen LogP contribution in [-0.2, 0) is 37.0 Å². The zero-order valence-electron chi connectivity index (χ0n) is 27.1. The Kier molecular flexibility index (Phi) is 7.66. The minimum atomic E-state index is -3.40. The molecule has 0 radical (unpaired) electrons. The molecule has 0 aromatic carbocycles. The van der Waals surface area contributed by atoms with Crippen molar-refractivity contribution in [2.75, 3.05) is 0 Å². The molecule has 5 heterocycles. The van der Waals surface area contributed by atoms with Crippen molar-refractivity contribution < 1.29 is 37.0 Å². The van der Waals surface area contributed by atoms with E-state index in [0.29, 0.717) is 0 Å². The van der Waals surface area contributed by atoms with Crippen LogP contribution in [0.25, 0.3) is 0 Å². The molecule has 252 valence electrons. The van der Waals surface area contributed by atoms with Gasteiger partial charge in [-0.25, -0.2) is 0 Å². The molecule has 0 atom stereocenters. The van der Waals surface area contributed by atoms with Gasteiger partial charge in [0.25, 0.3) is 0 Å². The summed E-state index contributed by atoms with van der Waals surface area (Å²) in [6.45, 7) is 0. The largest absolute Gasteiger partial charge is 0.482 e. The van der Waals surface area contributed by atoms with Gasteiger partial charge in [-0.1, -0.05) is 77.0 Å². The van der Waals surface area contributed by atoms with Crippen molar-refractivity contribution in [2.24, 2.45) is 0 Å². The van der Waals surface area contributed by atoms with Crippen molar-refractivity contribution in [2.45, 2.75) is 187 Å². The molecule has 11 fully saturated rings. The fraction of sp³-hybridized carbons (Fsp3) is 1.00. The molecule has 0 N–H and O–H groups in total. The van der Waals surface area contributed by atoms with Crippen LogP contribution >= 0.6 is 0 Å². The first-order chi connectivity index (χ1) is 22.0. The zero-order valence-corrected chi connectivity index (χ0v) is 33.1. The topological polar surface area (TPSA) is 83.1 Å². The first-order valence-electron chi connectivity index (χ1n) is 19.3. The molecule has 45 heavy (non-hydrogen) atoms. The fourth-order valence-electron chi connectivity index (χ4n) is 11.3. The highest BCUT2D eigenvalue weighted by Crippen LogP contribution is 2.66. The van der Waals surface area contributed by atoms with Gasteiger partial charge in [0.2, 0.25) is 0 Å². The Labute approximate surface area is 276 Å². The third-order valence-electron chi connectivity index (χ3n) is 13.7. The maximum absolute atomic E-state index is 8.02. The van der Waals surface area contributed by atoms with Gasteiger partial charge in [-0.2, -0.15) is 0 Å². The van der Waals surface area contributed by atoms with Gasteiger partial charge in [-0.15, -0.1) is 0 Å². The average Bonchev–Trinajstić information content (AvgIpc) is 3.88. The Balaban J connectivity index is 1.24. The second-order valence-electron chi connectivity index (χ2n) is 16.4. The van der Waals surface area contributed by atoms with E-state index in [4.69, 9.17) is 37.0 Å². The Bertz CT molecular complexity index is 895. The summed E-state index contributed by atoms with van der Waals surface area (Å²) in [5.74, 6) is 0. The average molecular weight is 727 g/mol. The van der Waals surface area contributed by atoms with Gasteiger partial charge >= 0.3 is 52.8 Å². The van der Waals surface area contributed by atoms with Crippen LogP contribution in [0.3, 0.4) is 0 Å². The lowest BCUT2D eigenvalue weighted by atomic mass is 10.4. The summed E-state index contributed by atoms with van der Waals surface area (Å²) >= 11 is 0. The van der Waals surface area contributed by atoms with E-state index >= 15 is 0 Å². The van der Waals surface area contributed by atoms with Crippen molar-refractivity contribution in [1.82, 2.24) is 0 Å². The van der Waals surface area contributed by atoms with E-state index in [-0.39, 0.29) is 33.2 Å². The quantitative estimate of drug-likeness (QED) is 0.250. The predicted octanol–water partition coefficient (Wildman–Crippen LogP) is 8.49. The Hall–Kier alpha value is 0.941. The number of hydrogen-bond donors (Lipinski definition) is 0. The van der Waals surface area contributed by atoms with Crippen LogP contribution in [0.1, 0.15) is 154 Å². The third kappa shape index (κ3) is 4.69. The first kappa shape index (κ1) is 30.7. The van der Waals surface area contributed by atoms with Crippen LogP contribution in [0.4, 0.5) is 0 Å². The van der Waals surface area contributed by atoms with Crippen molar-refractivity contribution in [1.29, 1.82) is 0 Å². The molecule has 0 unspecified atom stereocenters. The Morgan fingerprint density at radius 3 is 0.422 bits per heavy atom. The highest BCUT2D eigenvalue weighted by atomic mass is 28.6. The predicted molar refractivity (Wildman–Crippen MR) is 178 cm³/mol. The highest BCUT2D eigenvalue weighted by molar-refractivity contribution is 7.04. The fourth-order valence-corrected chi connectivity index (χ4v) is 54.1. The molecule has 0 aromatic heterocycles. The Morgan fingerprint density at radius 1 is 0.200 bits per heavy atom. The minimum Gasteiger partial charge on any atom is -0.373 e. The first-order valence-corrected chi connectivity index (χ1v) is 30.1. The van der Waals surface area contributed by atoms with Crippen molar-refractivity contribution >= 4 is 52.8 Å². The van der Waals surface area contributed by atoms with E-state index in [9.17, 15) is 0 Å². The van der Waals surface area contributed by atoms with E-state index in [1.165, 1.54) is 77.0 Å². The van der Waals surface area contributed by atoms with Crippen molar-refractivity contribution in [3.63, 3.8) is 0 Å². The summed E-state index contributed by atoms with van der Waals surface area (Å²) in [4.78, 5) is 0. The molecule has 15 heteroatoms. The monoisotopic (exact) mass is 726 g/mol. The van der Waals surface area contributed by atoms with Gasteiger partial charge in [-0.3, -0.25) is 0 Å². The van der Waals surface area contributed by atoms with Crippen LogP contribution in [0.5, 0.6) is 0 Å². The van der Waals surface area contributed by atoms with Gasteiger partial charge in [-0.05, 0) is 77.0 Å². The lowest BCUT2D eigenvalue weighted by Crippen LogP contribution is -2.91. The van der Waals surface area contributed by atoms with E-state index in [1.54, 1.807) is 0 Å². The molecule has 5 saturated heterocycles. The summed E-state index contributed by atoms with van der Waals surface area (Å²) in [5.41, 5.74) is 1.57. The van der Waals surface area contributed by atoms with Crippen molar-refractivity contribution in [3.8, 4) is 0 Å². The molecule has 0 aromatic rings. The van der Waals surface area contributed by atoms with Gasteiger partial charge in [0, 0.05) is 33.2 Å². The van der Waals surface area contributed by atoms with Gasteiger partial charge in [0.15, 0.2) is 0 Å². The number of hydrogen-bond acceptors (Lipinski definition) is 9. The SMILES string of the molecule is C1CCC([Si]23O[Si]4(C5CCCC5)O[Si](C5CCCC5)(O2)O[Si]2(C5CCCC5)O[Si](C5CCCC5)(O[Si](C5CCCC5)(O2)O4)O3)C1. The summed E-state index contributed by atoms with van der Waals surface area (Å²) in [7, 11) is -20.4.